The van der Waals surface area contributed by atoms with E-state index in [0.29, 0.717) is 18.7 Å². The Kier molecular flexibility index (Phi) is 4.40. The molecule has 6 nitrogen and oxygen atoms in total. The second-order valence-corrected chi connectivity index (χ2v) is 6.71. The van der Waals surface area contributed by atoms with Gasteiger partial charge in [-0.25, -0.2) is 8.42 Å². The van der Waals surface area contributed by atoms with Crippen molar-refractivity contribution >= 4 is 10.0 Å². The molecule has 108 valence electrons. The molecule has 0 aromatic heterocycles. The van der Waals surface area contributed by atoms with Crippen molar-refractivity contribution in [2.45, 2.75) is 24.0 Å². The predicted molar refractivity (Wildman–Crippen MR) is 73.3 cm³/mol. The van der Waals surface area contributed by atoms with Crippen LogP contribution in [-0.2, 0) is 14.8 Å². The summed E-state index contributed by atoms with van der Waals surface area (Å²) in [6.07, 6.45) is -0.308. The number of benzene rings is 1. The highest BCUT2D eigenvalue weighted by atomic mass is 32.2. The summed E-state index contributed by atoms with van der Waals surface area (Å²) in [5, 5.41) is 8.86. The summed E-state index contributed by atoms with van der Waals surface area (Å²) >= 11 is 0. The maximum absolute atomic E-state index is 12.5. The third kappa shape index (κ3) is 2.99. The third-order valence-corrected chi connectivity index (χ3v) is 5.10. The minimum absolute atomic E-state index is 0.127. The van der Waals surface area contributed by atoms with Gasteiger partial charge in [-0.15, -0.1) is 0 Å². The van der Waals surface area contributed by atoms with E-state index in [4.69, 9.17) is 15.7 Å². The molecule has 2 N–H and O–H groups in total. The second-order valence-electron chi connectivity index (χ2n) is 4.77. The monoisotopic (exact) mass is 295 g/mol. The molecule has 0 radical (unpaired) electrons. The second kappa shape index (κ2) is 5.89. The van der Waals surface area contributed by atoms with Gasteiger partial charge in [0, 0.05) is 19.1 Å². The van der Waals surface area contributed by atoms with Crippen molar-refractivity contribution in [2.24, 2.45) is 5.73 Å². The Labute approximate surface area is 118 Å². The number of ether oxygens (including phenoxy) is 1. The molecule has 1 aliphatic heterocycles. The number of nitriles is 1. The lowest BCUT2D eigenvalue weighted by atomic mass is 10.2. The average molecular weight is 295 g/mol. The molecule has 1 fully saturated rings. The van der Waals surface area contributed by atoms with E-state index in [1.165, 1.54) is 16.4 Å². The number of nitrogens with two attached hydrogens (primary N) is 1. The van der Waals surface area contributed by atoms with Gasteiger partial charge >= 0.3 is 0 Å². The first-order valence-electron chi connectivity index (χ1n) is 6.32. The molecular weight excluding hydrogens is 278 g/mol. The molecule has 1 aliphatic rings. The highest BCUT2D eigenvalue weighted by Crippen LogP contribution is 2.20. The van der Waals surface area contributed by atoms with Crippen LogP contribution in [0.5, 0.6) is 0 Å². The van der Waals surface area contributed by atoms with Gasteiger partial charge in [-0.2, -0.15) is 9.57 Å². The Hall–Kier alpha value is -1.46. The van der Waals surface area contributed by atoms with Crippen LogP contribution in [0.3, 0.4) is 0 Å². The van der Waals surface area contributed by atoms with Gasteiger partial charge < -0.3 is 10.5 Å². The molecule has 2 rings (SSSR count). The summed E-state index contributed by atoms with van der Waals surface area (Å²) in [5.74, 6) is 0. The number of nitrogens with zero attached hydrogens (tertiary/aromatic N) is 2. The molecule has 0 bridgehead atoms. The molecule has 20 heavy (non-hydrogen) atoms. The summed E-state index contributed by atoms with van der Waals surface area (Å²) in [7, 11) is -3.61. The zero-order valence-electron chi connectivity index (χ0n) is 11.2. The van der Waals surface area contributed by atoms with Crippen LogP contribution in [-0.4, -0.2) is 44.6 Å². The average Bonchev–Trinajstić information content (AvgIpc) is 2.47. The van der Waals surface area contributed by atoms with Crippen LogP contribution in [0, 0.1) is 11.3 Å². The van der Waals surface area contributed by atoms with Crippen LogP contribution in [0.25, 0.3) is 0 Å². The minimum atomic E-state index is -3.61. The number of hydrogen-bond donors (Lipinski definition) is 1. The zero-order valence-corrected chi connectivity index (χ0v) is 12.0. The normalized spacial score (nSPS) is 22.1. The van der Waals surface area contributed by atoms with Crippen LogP contribution < -0.4 is 5.73 Å². The Morgan fingerprint density at radius 3 is 2.95 bits per heavy atom. The fourth-order valence-corrected chi connectivity index (χ4v) is 3.54. The van der Waals surface area contributed by atoms with Crippen LogP contribution in [0.2, 0.25) is 0 Å². The lowest BCUT2D eigenvalue weighted by molar-refractivity contribution is -0.0120. The summed E-state index contributed by atoms with van der Waals surface area (Å²) in [6, 6.07) is 7.71. The van der Waals surface area contributed by atoms with Crippen molar-refractivity contribution in [3.05, 3.63) is 29.8 Å². The van der Waals surface area contributed by atoms with Crippen molar-refractivity contribution < 1.29 is 13.2 Å². The first kappa shape index (κ1) is 14.9. The quantitative estimate of drug-likeness (QED) is 0.865. The molecular formula is C13H17N3O3S. The summed E-state index contributed by atoms with van der Waals surface area (Å²) < 4.78 is 31.9. The first-order valence-corrected chi connectivity index (χ1v) is 7.76. The van der Waals surface area contributed by atoms with Crippen LogP contribution in [0.1, 0.15) is 12.5 Å². The summed E-state index contributed by atoms with van der Waals surface area (Å²) in [6.45, 7) is 2.64. The maximum Gasteiger partial charge on any atom is 0.243 e. The van der Waals surface area contributed by atoms with E-state index in [1.807, 2.05) is 6.07 Å². The van der Waals surface area contributed by atoms with Gasteiger partial charge in [0.1, 0.15) is 0 Å². The van der Waals surface area contributed by atoms with Crippen LogP contribution in [0.15, 0.2) is 29.2 Å². The Balaban J connectivity index is 2.28. The molecule has 0 aliphatic carbocycles. The van der Waals surface area contributed by atoms with E-state index in [0.717, 1.165) is 0 Å². The lowest BCUT2D eigenvalue weighted by Gasteiger charge is -2.33. The Morgan fingerprint density at radius 1 is 1.55 bits per heavy atom. The predicted octanol–water partition coefficient (Wildman–Crippen LogP) is 0.295. The number of rotatable bonds is 3. The lowest BCUT2D eigenvalue weighted by Crippen LogP contribution is -2.51. The number of morpholine rings is 1. The number of hydrogen-bond acceptors (Lipinski definition) is 5. The Morgan fingerprint density at radius 2 is 2.30 bits per heavy atom. The van der Waals surface area contributed by atoms with Gasteiger partial charge in [-0.05, 0) is 25.1 Å². The zero-order chi connectivity index (χ0) is 14.8. The van der Waals surface area contributed by atoms with Gasteiger partial charge in [0.25, 0.3) is 0 Å². The van der Waals surface area contributed by atoms with Crippen molar-refractivity contribution in [3.8, 4) is 6.07 Å². The third-order valence-electron chi connectivity index (χ3n) is 3.24. The highest BCUT2D eigenvalue weighted by Gasteiger charge is 2.32. The van der Waals surface area contributed by atoms with E-state index in [2.05, 4.69) is 0 Å². The molecule has 1 heterocycles. The van der Waals surface area contributed by atoms with Crippen molar-refractivity contribution in [1.29, 1.82) is 5.26 Å². The van der Waals surface area contributed by atoms with Gasteiger partial charge in [0.15, 0.2) is 0 Å². The smallest absolute Gasteiger partial charge is 0.243 e. The molecule has 1 aromatic carbocycles. The summed E-state index contributed by atoms with van der Waals surface area (Å²) in [4.78, 5) is 0.127. The van der Waals surface area contributed by atoms with Gasteiger partial charge in [0.05, 0.1) is 29.2 Å². The largest absolute Gasteiger partial charge is 0.374 e. The van der Waals surface area contributed by atoms with E-state index in [-0.39, 0.29) is 23.6 Å². The van der Waals surface area contributed by atoms with E-state index in [1.54, 1.807) is 19.1 Å². The standard InChI is InChI=1S/C13H17N3O3S/c1-10(15)13-9-16(5-6-19-13)20(17,18)12-4-2-3-11(7-12)8-14/h2-4,7,10,13H,5-6,9,15H2,1H3. The highest BCUT2D eigenvalue weighted by molar-refractivity contribution is 7.89. The van der Waals surface area contributed by atoms with Crippen LogP contribution >= 0.6 is 0 Å². The van der Waals surface area contributed by atoms with Gasteiger partial charge in [-0.1, -0.05) is 6.07 Å². The molecule has 1 aromatic rings. The first-order chi connectivity index (χ1) is 9.45. The minimum Gasteiger partial charge on any atom is -0.374 e. The van der Waals surface area contributed by atoms with E-state index in [9.17, 15) is 8.42 Å². The van der Waals surface area contributed by atoms with Gasteiger partial charge in [0.2, 0.25) is 10.0 Å². The van der Waals surface area contributed by atoms with Crippen molar-refractivity contribution in [1.82, 2.24) is 4.31 Å². The maximum atomic E-state index is 12.5. The van der Waals surface area contributed by atoms with E-state index >= 15 is 0 Å². The van der Waals surface area contributed by atoms with Crippen molar-refractivity contribution in [2.75, 3.05) is 19.7 Å². The SMILES string of the molecule is CC(N)C1CN(S(=O)(=O)c2cccc(C#N)c2)CCO1. The van der Waals surface area contributed by atoms with Crippen LogP contribution in [0.4, 0.5) is 0 Å². The van der Waals surface area contributed by atoms with Gasteiger partial charge in [-0.3, -0.25) is 0 Å². The molecule has 0 saturated carbocycles. The number of sulfonamides is 1. The fraction of sp³-hybridized carbons (Fsp3) is 0.462. The topological polar surface area (TPSA) is 96.4 Å². The van der Waals surface area contributed by atoms with Crippen molar-refractivity contribution in [3.63, 3.8) is 0 Å². The molecule has 0 spiro atoms. The summed E-state index contributed by atoms with van der Waals surface area (Å²) in [5.41, 5.74) is 6.09. The molecule has 0 amide bonds. The fourth-order valence-electron chi connectivity index (χ4n) is 2.06. The molecule has 2 unspecified atom stereocenters. The molecule has 2 atom stereocenters. The molecule has 1 saturated heterocycles. The Bertz CT molecular complexity index is 622. The molecule has 7 heteroatoms. The van der Waals surface area contributed by atoms with E-state index < -0.39 is 10.0 Å².